The molecule has 0 unspecified atom stereocenters. The number of hydrogen-bond donors (Lipinski definition) is 3. The Morgan fingerprint density at radius 3 is 2.39 bits per heavy atom. The van der Waals surface area contributed by atoms with Crippen molar-refractivity contribution in [1.29, 1.82) is 0 Å². The van der Waals surface area contributed by atoms with E-state index in [0.29, 0.717) is 29.9 Å². The van der Waals surface area contributed by atoms with Gasteiger partial charge in [-0.05, 0) is 55.7 Å². The van der Waals surface area contributed by atoms with Gasteiger partial charge >= 0.3 is 0 Å². The van der Waals surface area contributed by atoms with E-state index in [0.717, 1.165) is 23.6 Å². The fourth-order valence-corrected chi connectivity index (χ4v) is 3.15. The zero-order valence-electron chi connectivity index (χ0n) is 15.2. The molecular formula is C19H21N5O3S. The van der Waals surface area contributed by atoms with Crippen LogP contribution in [0.3, 0.4) is 0 Å². The molecule has 8 nitrogen and oxygen atoms in total. The van der Waals surface area contributed by atoms with Gasteiger partial charge in [0.15, 0.2) is 5.82 Å². The second kappa shape index (κ2) is 9.32. The van der Waals surface area contributed by atoms with Gasteiger partial charge in [-0.15, -0.1) is 22.0 Å². The molecule has 3 rings (SSSR count). The summed E-state index contributed by atoms with van der Waals surface area (Å²) >= 11 is 1.50. The van der Waals surface area contributed by atoms with Crippen LogP contribution >= 0.6 is 11.8 Å². The van der Waals surface area contributed by atoms with Crippen LogP contribution in [0.2, 0.25) is 0 Å². The summed E-state index contributed by atoms with van der Waals surface area (Å²) in [4.78, 5) is 34.7. The molecule has 0 saturated heterocycles. The maximum atomic E-state index is 12.0. The molecule has 0 aliphatic heterocycles. The van der Waals surface area contributed by atoms with Crippen molar-refractivity contribution < 1.29 is 14.4 Å². The molecule has 2 aromatic rings. The van der Waals surface area contributed by atoms with Crippen molar-refractivity contribution in [2.24, 2.45) is 11.7 Å². The van der Waals surface area contributed by atoms with Crippen LogP contribution in [0.4, 0.5) is 11.5 Å². The standard InChI is InChI=1S/C19H21N5O3S/c20-18(26)12-5-7-14(8-6-12)21-16(25)2-1-11-28-17-10-9-15(23-24-17)22-19(27)13-3-4-13/h5-10,13H,1-4,11H2,(H2,20,26)(H,21,25)(H,22,23,27). The number of carbonyl (C=O) groups is 3. The Kier molecular flexibility index (Phi) is 6.59. The summed E-state index contributed by atoms with van der Waals surface area (Å²) in [6, 6.07) is 9.98. The molecule has 0 bridgehead atoms. The first-order valence-corrected chi connectivity index (χ1v) is 9.97. The zero-order chi connectivity index (χ0) is 19.9. The first-order valence-electron chi connectivity index (χ1n) is 8.98. The number of nitrogens with two attached hydrogens (primary N) is 1. The number of thioether (sulfide) groups is 1. The summed E-state index contributed by atoms with van der Waals surface area (Å²) in [5.41, 5.74) is 6.20. The van der Waals surface area contributed by atoms with Crippen LogP contribution in [-0.2, 0) is 9.59 Å². The highest BCUT2D eigenvalue weighted by Crippen LogP contribution is 2.30. The summed E-state index contributed by atoms with van der Waals surface area (Å²) in [5, 5.41) is 14.3. The SMILES string of the molecule is NC(=O)c1ccc(NC(=O)CCCSc2ccc(NC(=O)C3CC3)nn2)cc1. The highest BCUT2D eigenvalue weighted by molar-refractivity contribution is 7.99. The van der Waals surface area contributed by atoms with E-state index >= 15 is 0 Å². The summed E-state index contributed by atoms with van der Waals surface area (Å²) in [7, 11) is 0. The topological polar surface area (TPSA) is 127 Å². The molecule has 4 N–H and O–H groups in total. The van der Waals surface area contributed by atoms with E-state index in [1.54, 1.807) is 36.4 Å². The molecule has 1 aromatic heterocycles. The molecule has 1 fully saturated rings. The lowest BCUT2D eigenvalue weighted by molar-refractivity contribution is -0.117. The monoisotopic (exact) mass is 399 g/mol. The van der Waals surface area contributed by atoms with Gasteiger partial charge in [-0.2, -0.15) is 0 Å². The number of primary amides is 1. The van der Waals surface area contributed by atoms with Crippen LogP contribution in [0.5, 0.6) is 0 Å². The smallest absolute Gasteiger partial charge is 0.248 e. The first kappa shape index (κ1) is 19.8. The summed E-state index contributed by atoms with van der Waals surface area (Å²) in [6.07, 6.45) is 2.93. The normalized spacial score (nSPS) is 13.0. The first-order chi connectivity index (χ1) is 13.5. The molecule has 1 aliphatic rings. The Morgan fingerprint density at radius 1 is 1.04 bits per heavy atom. The molecule has 28 heavy (non-hydrogen) atoms. The molecule has 1 heterocycles. The number of benzene rings is 1. The van der Waals surface area contributed by atoms with Crippen LogP contribution in [-0.4, -0.2) is 33.7 Å². The van der Waals surface area contributed by atoms with Crippen LogP contribution in [0.15, 0.2) is 41.4 Å². The summed E-state index contributed by atoms with van der Waals surface area (Å²) < 4.78 is 0. The fraction of sp³-hybridized carbons (Fsp3) is 0.316. The van der Waals surface area contributed by atoms with Crippen LogP contribution in [0.25, 0.3) is 0 Å². The third kappa shape index (κ3) is 6.05. The van der Waals surface area contributed by atoms with Crippen molar-refractivity contribution in [3.8, 4) is 0 Å². The van der Waals surface area contributed by atoms with E-state index in [1.165, 1.54) is 11.8 Å². The van der Waals surface area contributed by atoms with E-state index in [2.05, 4.69) is 20.8 Å². The summed E-state index contributed by atoms with van der Waals surface area (Å²) in [5.74, 6) is 0.709. The Balaban J connectivity index is 1.35. The number of aromatic nitrogens is 2. The van der Waals surface area contributed by atoms with Gasteiger partial charge in [0.1, 0.15) is 5.03 Å². The van der Waals surface area contributed by atoms with Crippen molar-refractivity contribution in [3.63, 3.8) is 0 Å². The lowest BCUT2D eigenvalue weighted by Gasteiger charge is -2.06. The second-order valence-electron chi connectivity index (χ2n) is 6.46. The Bertz CT molecular complexity index is 851. The molecular weight excluding hydrogens is 378 g/mol. The average molecular weight is 399 g/mol. The van der Waals surface area contributed by atoms with E-state index < -0.39 is 5.91 Å². The van der Waals surface area contributed by atoms with Gasteiger partial charge in [0.05, 0.1) is 0 Å². The van der Waals surface area contributed by atoms with Gasteiger partial charge in [0.2, 0.25) is 17.7 Å². The average Bonchev–Trinajstić information content (AvgIpc) is 3.52. The molecule has 1 aromatic carbocycles. The molecule has 0 radical (unpaired) electrons. The number of nitrogens with zero attached hydrogens (tertiary/aromatic N) is 2. The van der Waals surface area contributed by atoms with E-state index in [4.69, 9.17) is 5.73 Å². The Hall–Kier alpha value is -2.94. The van der Waals surface area contributed by atoms with Gasteiger partial charge in [-0.1, -0.05) is 0 Å². The van der Waals surface area contributed by atoms with Gasteiger partial charge < -0.3 is 16.4 Å². The fourth-order valence-electron chi connectivity index (χ4n) is 2.39. The molecule has 3 amide bonds. The molecule has 0 spiro atoms. The van der Waals surface area contributed by atoms with E-state index in [9.17, 15) is 14.4 Å². The quantitative estimate of drug-likeness (QED) is 0.439. The third-order valence-electron chi connectivity index (χ3n) is 4.09. The molecule has 1 aliphatic carbocycles. The maximum Gasteiger partial charge on any atom is 0.248 e. The third-order valence-corrected chi connectivity index (χ3v) is 5.10. The van der Waals surface area contributed by atoms with Crippen molar-refractivity contribution in [3.05, 3.63) is 42.0 Å². The van der Waals surface area contributed by atoms with Crippen molar-refractivity contribution in [2.75, 3.05) is 16.4 Å². The summed E-state index contributed by atoms with van der Waals surface area (Å²) in [6.45, 7) is 0. The van der Waals surface area contributed by atoms with Crippen LogP contribution in [0.1, 0.15) is 36.0 Å². The predicted octanol–water partition coefficient (Wildman–Crippen LogP) is 2.44. The van der Waals surface area contributed by atoms with E-state index in [-0.39, 0.29) is 17.7 Å². The van der Waals surface area contributed by atoms with Gasteiger partial charge in [-0.3, -0.25) is 14.4 Å². The largest absolute Gasteiger partial charge is 0.366 e. The zero-order valence-corrected chi connectivity index (χ0v) is 16.0. The van der Waals surface area contributed by atoms with Crippen LogP contribution in [0, 0.1) is 5.92 Å². The molecule has 1 saturated carbocycles. The number of rotatable bonds is 9. The van der Waals surface area contributed by atoms with Gasteiger partial charge in [0.25, 0.3) is 0 Å². The molecule has 146 valence electrons. The minimum atomic E-state index is -0.503. The second-order valence-corrected chi connectivity index (χ2v) is 7.58. The highest BCUT2D eigenvalue weighted by Gasteiger charge is 2.29. The number of hydrogen-bond acceptors (Lipinski definition) is 6. The number of carbonyl (C=O) groups excluding carboxylic acids is 3. The number of amides is 3. The van der Waals surface area contributed by atoms with Crippen LogP contribution < -0.4 is 16.4 Å². The van der Waals surface area contributed by atoms with E-state index in [1.807, 2.05) is 0 Å². The number of anilines is 2. The molecule has 9 heteroatoms. The van der Waals surface area contributed by atoms with Crippen molar-refractivity contribution in [1.82, 2.24) is 10.2 Å². The predicted molar refractivity (Wildman–Crippen MR) is 107 cm³/mol. The number of nitrogens with one attached hydrogen (secondary N) is 2. The Labute approximate surface area is 166 Å². The maximum absolute atomic E-state index is 12.0. The lowest BCUT2D eigenvalue weighted by atomic mass is 10.2. The lowest BCUT2D eigenvalue weighted by Crippen LogP contribution is -2.14. The minimum absolute atomic E-state index is 0.00461. The van der Waals surface area contributed by atoms with Crippen molar-refractivity contribution >= 4 is 41.0 Å². The Morgan fingerprint density at radius 2 is 1.79 bits per heavy atom. The van der Waals surface area contributed by atoms with Crippen molar-refractivity contribution in [2.45, 2.75) is 30.7 Å². The highest BCUT2D eigenvalue weighted by atomic mass is 32.2. The minimum Gasteiger partial charge on any atom is -0.366 e. The molecule has 0 atom stereocenters. The van der Waals surface area contributed by atoms with Gasteiger partial charge in [-0.25, -0.2) is 0 Å². The van der Waals surface area contributed by atoms with Gasteiger partial charge in [0, 0.05) is 29.3 Å².